The third-order valence-corrected chi connectivity index (χ3v) is 6.47. The zero-order chi connectivity index (χ0) is 14.8. The summed E-state index contributed by atoms with van der Waals surface area (Å²) in [5, 5.41) is 2.18. The largest absolute Gasteiger partial charge is 0.375 e. The second-order valence-electron chi connectivity index (χ2n) is 7.05. The summed E-state index contributed by atoms with van der Waals surface area (Å²) < 4.78 is 12.4. The number of morpholine rings is 1. The van der Waals surface area contributed by atoms with E-state index in [9.17, 15) is 0 Å². The van der Waals surface area contributed by atoms with Crippen molar-refractivity contribution in [1.82, 2.24) is 4.90 Å². The summed E-state index contributed by atoms with van der Waals surface area (Å²) in [5.74, 6) is 0.810. The molecule has 0 unspecified atom stereocenters. The molecule has 0 amide bonds. The Hall–Kier alpha value is -0.420. The van der Waals surface area contributed by atoms with Crippen molar-refractivity contribution in [2.24, 2.45) is 5.92 Å². The van der Waals surface area contributed by atoms with Gasteiger partial charge in [0.15, 0.2) is 0 Å². The van der Waals surface area contributed by atoms with Crippen molar-refractivity contribution in [3.8, 4) is 0 Å². The van der Waals surface area contributed by atoms with E-state index in [-0.39, 0.29) is 0 Å². The highest BCUT2D eigenvalue weighted by Crippen LogP contribution is 2.34. The summed E-state index contributed by atoms with van der Waals surface area (Å²) in [5.41, 5.74) is 0. The Balaban J connectivity index is 1.33. The summed E-state index contributed by atoms with van der Waals surface area (Å²) in [7, 11) is 0. The molecule has 1 aromatic rings. The fourth-order valence-electron chi connectivity index (χ4n) is 4.41. The molecule has 22 heavy (non-hydrogen) atoms. The van der Waals surface area contributed by atoms with Gasteiger partial charge in [-0.1, -0.05) is 18.9 Å². The molecule has 4 rings (SSSR count). The molecule has 2 saturated carbocycles. The van der Waals surface area contributed by atoms with Gasteiger partial charge < -0.3 is 9.47 Å². The van der Waals surface area contributed by atoms with Gasteiger partial charge in [-0.2, -0.15) is 0 Å². The maximum Gasteiger partial charge on any atom is 0.0992 e. The van der Waals surface area contributed by atoms with Gasteiger partial charge in [-0.15, -0.1) is 11.3 Å². The molecule has 1 aromatic heterocycles. The predicted molar refractivity (Wildman–Crippen MR) is 89.2 cm³/mol. The summed E-state index contributed by atoms with van der Waals surface area (Å²) in [6.45, 7) is 3.96. The standard InChI is InChI=1S/C18H27NO2S/c1-2-5-14(4-1)13-21-17-8-7-16-18(17)20-10-9-19(16)12-15-6-3-11-22-15/h3,6,11,14,16-18H,1-2,4-5,7-10,12-13H2/t16-,17+,18+/m0/s1. The fraction of sp³-hybridized carbons (Fsp3) is 0.778. The van der Waals surface area contributed by atoms with Crippen LogP contribution in [0.4, 0.5) is 0 Å². The third kappa shape index (κ3) is 3.25. The van der Waals surface area contributed by atoms with Crippen molar-refractivity contribution in [1.29, 1.82) is 0 Å². The molecule has 3 aliphatic rings. The molecule has 0 bridgehead atoms. The molecular formula is C18H27NO2S. The number of hydrogen-bond acceptors (Lipinski definition) is 4. The minimum atomic E-state index is 0.301. The van der Waals surface area contributed by atoms with E-state index in [1.807, 2.05) is 11.3 Å². The molecule has 0 radical (unpaired) electrons. The summed E-state index contributed by atoms with van der Waals surface area (Å²) in [6, 6.07) is 4.96. The minimum Gasteiger partial charge on any atom is -0.375 e. The average Bonchev–Trinajstić information content (AvgIpc) is 3.27. The molecular weight excluding hydrogens is 294 g/mol. The van der Waals surface area contributed by atoms with Gasteiger partial charge in [-0.3, -0.25) is 4.90 Å². The van der Waals surface area contributed by atoms with Crippen molar-refractivity contribution in [3.05, 3.63) is 22.4 Å². The third-order valence-electron chi connectivity index (χ3n) is 5.61. The Morgan fingerprint density at radius 3 is 2.95 bits per heavy atom. The molecule has 122 valence electrons. The smallest absolute Gasteiger partial charge is 0.0992 e. The van der Waals surface area contributed by atoms with Crippen LogP contribution in [0.1, 0.15) is 43.4 Å². The lowest BCUT2D eigenvalue weighted by Crippen LogP contribution is -2.51. The molecule has 2 heterocycles. The fourth-order valence-corrected chi connectivity index (χ4v) is 5.14. The first-order valence-electron chi connectivity index (χ1n) is 8.90. The Bertz CT molecular complexity index is 458. The Morgan fingerprint density at radius 2 is 2.14 bits per heavy atom. The molecule has 0 N–H and O–H groups in total. The lowest BCUT2D eigenvalue weighted by molar-refractivity contribution is -0.118. The molecule has 0 spiro atoms. The highest BCUT2D eigenvalue weighted by molar-refractivity contribution is 7.09. The van der Waals surface area contributed by atoms with Crippen LogP contribution in [0.25, 0.3) is 0 Å². The molecule has 1 aliphatic heterocycles. The van der Waals surface area contributed by atoms with E-state index in [1.54, 1.807) is 0 Å². The maximum atomic E-state index is 6.29. The van der Waals surface area contributed by atoms with Gasteiger partial charge in [0, 0.05) is 30.6 Å². The van der Waals surface area contributed by atoms with E-state index in [0.29, 0.717) is 18.2 Å². The van der Waals surface area contributed by atoms with E-state index >= 15 is 0 Å². The molecule has 0 aromatic carbocycles. The normalized spacial score (nSPS) is 33.4. The van der Waals surface area contributed by atoms with Crippen molar-refractivity contribution in [2.45, 2.75) is 63.3 Å². The highest BCUT2D eigenvalue weighted by atomic mass is 32.1. The molecule has 3 atom stereocenters. The number of ether oxygens (including phenoxy) is 2. The van der Waals surface area contributed by atoms with Crippen LogP contribution in [0.3, 0.4) is 0 Å². The number of rotatable bonds is 5. The van der Waals surface area contributed by atoms with Gasteiger partial charge in [0.1, 0.15) is 0 Å². The van der Waals surface area contributed by atoms with Crippen LogP contribution in [-0.2, 0) is 16.0 Å². The lowest BCUT2D eigenvalue weighted by atomic mass is 10.1. The Morgan fingerprint density at radius 1 is 1.23 bits per heavy atom. The maximum absolute atomic E-state index is 6.29. The Kier molecular flexibility index (Phi) is 4.81. The van der Waals surface area contributed by atoms with E-state index < -0.39 is 0 Å². The van der Waals surface area contributed by atoms with Gasteiger partial charge in [0.2, 0.25) is 0 Å². The SMILES string of the molecule is c1csc(CN2CCO[C@H]3[C@H](OCC4CCCC4)CC[C@@H]32)c1. The predicted octanol–water partition coefficient (Wildman–Crippen LogP) is 3.69. The van der Waals surface area contributed by atoms with Crippen LogP contribution >= 0.6 is 11.3 Å². The van der Waals surface area contributed by atoms with Crippen LogP contribution in [-0.4, -0.2) is 42.9 Å². The van der Waals surface area contributed by atoms with Gasteiger partial charge in [0.25, 0.3) is 0 Å². The number of hydrogen-bond donors (Lipinski definition) is 0. The van der Waals surface area contributed by atoms with Crippen molar-refractivity contribution < 1.29 is 9.47 Å². The van der Waals surface area contributed by atoms with Gasteiger partial charge >= 0.3 is 0 Å². The van der Waals surface area contributed by atoms with Crippen molar-refractivity contribution >= 4 is 11.3 Å². The van der Waals surface area contributed by atoms with Gasteiger partial charge in [-0.05, 0) is 43.0 Å². The van der Waals surface area contributed by atoms with Crippen LogP contribution in [0, 0.1) is 5.92 Å². The minimum absolute atomic E-state index is 0.301. The van der Waals surface area contributed by atoms with E-state index in [1.165, 1.54) is 43.4 Å². The second kappa shape index (κ2) is 7.00. The number of fused-ring (bicyclic) bond motifs is 1. The summed E-state index contributed by atoms with van der Waals surface area (Å²) >= 11 is 1.86. The van der Waals surface area contributed by atoms with E-state index in [2.05, 4.69) is 22.4 Å². The van der Waals surface area contributed by atoms with Crippen LogP contribution < -0.4 is 0 Å². The number of nitrogens with zero attached hydrogens (tertiary/aromatic N) is 1. The molecule has 1 saturated heterocycles. The van der Waals surface area contributed by atoms with Crippen molar-refractivity contribution in [3.63, 3.8) is 0 Å². The topological polar surface area (TPSA) is 21.7 Å². The van der Waals surface area contributed by atoms with E-state index in [0.717, 1.165) is 32.2 Å². The second-order valence-corrected chi connectivity index (χ2v) is 8.08. The van der Waals surface area contributed by atoms with Crippen molar-refractivity contribution in [2.75, 3.05) is 19.8 Å². The average molecular weight is 321 g/mol. The Labute approximate surface area is 137 Å². The highest BCUT2D eigenvalue weighted by Gasteiger charge is 2.43. The monoisotopic (exact) mass is 321 g/mol. The molecule has 4 heteroatoms. The first-order chi connectivity index (χ1) is 10.9. The zero-order valence-electron chi connectivity index (χ0n) is 13.3. The van der Waals surface area contributed by atoms with Crippen LogP contribution in [0.5, 0.6) is 0 Å². The first kappa shape index (κ1) is 15.1. The molecule has 3 nitrogen and oxygen atoms in total. The zero-order valence-corrected chi connectivity index (χ0v) is 14.1. The molecule has 3 fully saturated rings. The number of thiophene rings is 1. The lowest BCUT2D eigenvalue weighted by Gasteiger charge is -2.39. The van der Waals surface area contributed by atoms with Gasteiger partial charge in [0.05, 0.1) is 18.8 Å². The quantitative estimate of drug-likeness (QED) is 0.825. The molecule has 2 aliphatic carbocycles. The van der Waals surface area contributed by atoms with Crippen LogP contribution in [0.15, 0.2) is 17.5 Å². The van der Waals surface area contributed by atoms with E-state index in [4.69, 9.17) is 9.47 Å². The first-order valence-corrected chi connectivity index (χ1v) is 9.78. The van der Waals surface area contributed by atoms with Gasteiger partial charge in [-0.25, -0.2) is 0 Å². The van der Waals surface area contributed by atoms with Crippen LogP contribution in [0.2, 0.25) is 0 Å². The summed E-state index contributed by atoms with van der Waals surface area (Å²) in [4.78, 5) is 4.09. The summed E-state index contributed by atoms with van der Waals surface area (Å²) in [6.07, 6.45) is 8.56.